The van der Waals surface area contributed by atoms with Crippen molar-refractivity contribution in [2.24, 2.45) is 0 Å². The van der Waals surface area contributed by atoms with Gasteiger partial charge in [-0.05, 0) is 37.5 Å². The summed E-state index contributed by atoms with van der Waals surface area (Å²) < 4.78 is 0. The molecule has 3 rings (SSSR count). The van der Waals surface area contributed by atoms with Crippen LogP contribution in [-0.4, -0.2) is 27.1 Å². The van der Waals surface area contributed by atoms with Crippen molar-refractivity contribution in [1.29, 1.82) is 0 Å². The van der Waals surface area contributed by atoms with E-state index in [9.17, 15) is 4.79 Å². The highest BCUT2D eigenvalue weighted by atomic mass is 32.1. The third kappa shape index (κ3) is 2.90. The Balaban J connectivity index is 2.14. The number of aryl methyl sites for hydroxylation is 2. The van der Waals surface area contributed by atoms with E-state index in [-0.39, 0.29) is 0 Å². The molecule has 0 aliphatic heterocycles. The van der Waals surface area contributed by atoms with E-state index in [2.05, 4.69) is 47.3 Å². The molecule has 0 aliphatic carbocycles. The van der Waals surface area contributed by atoms with Crippen LogP contribution in [0.15, 0.2) is 29.9 Å². The Hall–Kier alpha value is -2.47. The molecule has 6 heteroatoms. The second kappa shape index (κ2) is 5.96. The SMILES string of the molecule is Cc1ccc(-c2csc3ncnc(NC(C)C(=O)O)c23)cc1C. The van der Waals surface area contributed by atoms with Crippen LogP contribution in [0.25, 0.3) is 21.3 Å². The summed E-state index contributed by atoms with van der Waals surface area (Å²) >= 11 is 1.53. The van der Waals surface area contributed by atoms with Crippen LogP contribution in [0.1, 0.15) is 18.1 Å². The maximum absolute atomic E-state index is 11.1. The number of aromatic nitrogens is 2. The molecule has 3 aromatic rings. The molecule has 0 aliphatic rings. The number of rotatable bonds is 4. The Morgan fingerprint density at radius 1 is 1.26 bits per heavy atom. The first kappa shape index (κ1) is 15.4. The summed E-state index contributed by atoms with van der Waals surface area (Å²) in [6.45, 7) is 5.75. The first-order valence-corrected chi connectivity index (χ1v) is 8.14. The molecule has 0 spiro atoms. The van der Waals surface area contributed by atoms with Gasteiger partial charge in [0.1, 0.15) is 23.0 Å². The van der Waals surface area contributed by atoms with Crippen molar-refractivity contribution < 1.29 is 9.90 Å². The van der Waals surface area contributed by atoms with Gasteiger partial charge < -0.3 is 10.4 Å². The molecule has 1 aromatic carbocycles. The van der Waals surface area contributed by atoms with Crippen molar-refractivity contribution in [2.75, 3.05) is 5.32 Å². The summed E-state index contributed by atoms with van der Waals surface area (Å²) in [7, 11) is 0. The van der Waals surface area contributed by atoms with Crippen LogP contribution in [0.3, 0.4) is 0 Å². The van der Waals surface area contributed by atoms with E-state index < -0.39 is 12.0 Å². The number of aliphatic carboxylic acids is 1. The maximum atomic E-state index is 11.1. The Morgan fingerprint density at radius 2 is 2.04 bits per heavy atom. The van der Waals surface area contributed by atoms with E-state index in [0.29, 0.717) is 5.82 Å². The van der Waals surface area contributed by atoms with Crippen LogP contribution < -0.4 is 5.32 Å². The highest BCUT2D eigenvalue weighted by Gasteiger charge is 2.17. The van der Waals surface area contributed by atoms with E-state index >= 15 is 0 Å². The van der Waals surface area contributed by atoms with Gasteiger partial charge in [0.2, 0.25) is 0 Å². The standard InChI is InChI=1S/C17H17N3O2S/c1-9-4-5-12(6-10(9)2)13-7-23-16-14(13)15(18-8-19-16)20-11(3)17(21)22/h4-8,11H,1-3H3,(H,21,22)(H,18,19,20). The fraction of sp³-hybridized carbons (Fsp3) is 0.235. The van der Waals surface area contributed by atoms with Gasteiger partial charge in [-0.15, -0.1) is 11.3 Å². The zero-order valence-corrected chi connectivity index (χ0v) is 13.9. The van der Waals surface area contributed by atoms with Crippen molar-refractivity contribution >= 4 is 33.3 Å². The van der Waals surface area contributed by atoms with Gasteiger partial charge in [-0.3, -0.25) is 4.79 Å². The Kier molecular flexibility index (Phi) is 4.00. The predicted octanol–water partition coefficient (Wildman–Crippen LogP) is 3.86. The number of carboxylic acids is 1. The van der Waals surface area contributed by atoms with Crippen molar-refractivity contribution in [2.45, 2.75) is 26.8 Å². The summed E-state index contributed by atoms with van der Waals surface area (Å²) in [5, 5.41) is 15.0. The van der Waals surface area contributed by atoms with Crippen LogP contribution >= 0.6 is 11.3 Å². The Morgan fingerprint density at radius 3 is 2.74 bits per heavy atom. The number of thiophene rings is 1. The highest BCUT2D eigenvalue weighted by molar-refractivity contribution is 7.17. The molecule has 2 N–H and O–H groups in total. The number of carboxylic acid groups (broad SMARTS) is 1. The van der Waals surface area contributed by atoms with Gasteiger partial charge in [-0.2, -0.15) is 0 Å². The Labute approximate surface area is 138 Å². The number of hydrogen-bond acceptors (Lipinski definition) is 5. The molecule has 1 atom stereocenters. The van der Waals surface area contributed by atoms with Gasteiger partial charge in [0.25, 0.3) is 0 Å². The van der Waals surface area contributed by atoms with Crippen LogP contribution in [0.4, 0.5) is 5.82 Å². The summed E-state index contributed by atoms with van der Waals surface area (Å²) in [4.78, 5) is 20.5. The number of nitrogens with one attached hydrogen (secondary N) is 1. The van der Waals surface area contributed by atoms with E-state index in [1.807, 2.05) is 5.38 Å². The van der Waals surface area contributed by atoms with Crippen molar-refractivity contribution in [3.63, 3.8) is 0 Å². The molecule has 1 unspecified atom stereocenters. The zero-order valence-electron chi connectivity index (χ0n) is 13.1. The molecule has 0 saturated heterocycles. The lowest BCUT2D eigenvalue weighted by Gasteiger charge is -2.12. The first-order chi connectivity index (χ1) is 11.0. The molecule has 2 aromatic heterocycles. The van der Waals surface area contributed by atoms with Crippen LogP contribution in [0.5, 0.6) is 0 Å². The minimum atomic E-state index is -0.917. The predicted molar refractivity (Wildman–Crippen MR) is 93.0 cm³/mol. The van der Waals surface area contributed by atoms with E-state index in [0.717, 1.165) is 21.3 Å². The molecular formula is C17H17N3O2S. The molecule has 0 saturated carbocycles. The van der Waals surface area contributed by atoms with Gasteiger partial charge >= 0.3 is 5.97 Å². The number of carbonyl (C=O) groups is 1. The summed E-state index contributed by atoms with van der Waals surface area (Å²) in [6, 6.07) is 5.57. The number of benzene rings is 1. The molecule has 0 fully saturated rings. The second-order valence-electron chi connectivity index (χ2n) is 5.56. The molecule has 5 nitrogen and oxygen atoms in total. The lowest BCUT2D eigenvalue weighted by Crippen LogP contribution is -2.26. The summed E-state index contributed by atoms with van der Waals surface area (Å²) in [6.07, 6.45) is 1.46. The maximum Gasteiger partial charge on any atom is 0.325 e. The third-order valence-corrected chi connectivity index (χ3v) is 4.80. The van der Waals surface area contributed by atoms with E-state index in [4.69, 9.17) is 5.11 Å². The molecule has 0 bridgehead atoms. The van der Waals surface area contributed by atoms with Gasteiger partial charge in [-0.25, -0.2) is 9.97 Å². The molecule has 0 radical (unpaired) electrons. The van der Waals surface area contributed by atoms with Crippen molar-refractivity contribution in [3.05, 3.63) is 41.0 Å². The minimum Gasteiger partial charge on any atom is -0.480 e. The number of nitrogens with zero attached hydrogens (tertiary/aromatic N) is 2. The Bertz CT molecular complexity index is 889. The van der Waals surface area contributed by atoms with Crippen LogP contribution in [0.2, 0.25) is 0 Å². The number of fused-ring (bicyclic) bond motifs is 1. The van der Waals surface area contributed by atoms with Crippen LogP contribution in [-0.2, 0) is 4.79 Å². The molecular weight excluding hydrogens is 310 g/mol. The monoisotopic (exact) mass is 327 g/mol. The lowest BCUT2D eigenvalue weighted by atomic mass is 10.0. The van der Waals surface area contributed by atoms with Gasteiger partial charge in [0.05, 0.1) is 5.39 Å². The van der Waals surface area contributed by atoms with Crippen molar-refractivity contribution in [3.8, 4) is 11.1 Å². The van der Waals surface area contributed by atoms with Crippen LogP contribution in [0, 0.1) is 13.8 Å². The largest absolute Gasteiger partial charge is 0.480 e. The molecule has 2 heterocycles. The van der Waals surface area contributed by atoms with Gasteiger partial charge in [-0.1, -0.05) is 18.2 Å². The first-order valence-electron chi connectivity index (χ1n) is 7.26. The fourth-order valence-electron chi connectivity index (χ4n) is 2.37. The topological polar surface area (TPSA) is 75.1 Å². The fourth-order valence-corrected chi connectivity index (χ4v) is 3.29. The van der Waals surface area contributed by atoms with E-state index in [1.165, 1.54) is 28.8 Å². The zero-order chi connectivity index (χ0) is 16.6. The third-order valence-electron chi connectivity index (χ3n) is 3.91. The lowest BCUT2D eigenvalue weighted by molar-refractivity contribution is -0.137. The quantitative estimate of drug-likeness (QED) is 0.761. The minimum absolute atomic E-state index is 0.555. The van der Waals surface area contributed by atoms with Gasteiger partial charge in [0, 0.05) is 10.9 Å². The summed E-state index contributed by atoms with van der Waals surface area (Å²) in [5.41, 5.74) is 4.56. The number of anilines is 1. The normalized spacial score (nSPS) is 12.3. The molecule has 0 amide bonds. The smallest absolute Gasteiger partial charge is 0.325 e. The molecule has 118 valence electrons. The van der Waals surface area contributed by atoms with Gasteiger partial charge in [0.15, 0.2) is 0 Å². The average molecular weight is 327 g/mol. The summed E-state index contributed by atoms with van der Waals surface area (Å²) in [5.74, 6) is -0.362. The highest BCUT2D eigenvalue weighted by Crippen LogP contribution is 2.37. The second-order valence-corrected chi connectivity index (χ2v) is 6.41. The van der Waals surface area contributed by atoms with E-state index in [1.54, 1.807) is 6.92 Å². The van der Waals surface area contributed by atoms with Crippen molar-refractivity contribution in [1.82, 2.24) is 9.97 Å². The average Bonchev–Trinajstić information content (AvgIpc) is 2.95. The number of hydrogen-bond donors (Lipinski definition) is 2. The molecule has 23 heavy (non-hydrogen) atoms.